The minimum atomic E-state index is -0.103. The molecule has 0 atom stereocenters. The number of hydrogen-bond donors (Lipinski definition) is 1. The van der Waals surface area contributed by atoms with E-state index in [2.05, 4.69) is 23.5 Å². The number of amides is 1. The van der Waals surface area contributed by atoms with Crippen LogP contribution in [0.1, 0.15) is 22.4 Å². The summed E-state index contributed by atoms with van der Waals surface area (Å²) in [5, 5.41) is 3.58. The van der Waals surface area contributed by atoms with Crippen molar-refractivity contribution in [1.29, 1.82) is 0 Å². The third kappa shape index (κ3) is 5.40. The second kappa shape index (κ2) is 9.75. The SMILES string of the molecule is Cc1cc(C)cc(NC(=O)CSc2nc3c(c(=O)n2CCc2ccccc2)SCC3)c1. The highest BCUT2D eigenvalue weighted by Gasteiger charge is 2.22. The van der Waals surface area contributed by atoms with Crippen LogP contribution in [-0.2, 0) is 24.2 Å². The van der Waals surface area contributed by atoms with Crippen LogP contribution in [0.3, 0.4) is 0 Å². The largest absolute Gasteiger partial charge is 0.325 e. The molecule has 1 aromatic heterocycles. The molecule has 7 heteroatoms. The number of anilines is 1. The van der Waals surface area contributed by atoms with Gasteiger partial charge in [0.1, 0.15) is 0 Å². The molecule has 2 aromatic carbocycles. The van der Waals surface area contributed by atoms with Crippen LogP contribution in [0.25, 0.3) is 0 Å². The van der Waals surface area contributed by atoms with Crippen molar-refractivity contribution in [2.45, 2.75) is 43.3 Å². The smallest absolute Gasteiger partial charge is 0.268 e. The van der Waals surface area contributed by atoms with Crippen molar-refractivity contribution >= 4 is 35.1 Å². The first-order valence-corrected chi connectivity index (χ1v) is 12.3. The van der Waals surface area contributed by atoms with E-state index in [0.29, 0.717) is 11.7 Å². The van der Waals surface area contributed by atoms with E-state index < -0.39 is 0 Å². The van der Waals surface area contributed by atoms with E-state index >= 15 is 0 Å². The number of aryl methyl sites for hydroxylation is 4. The minimum absolute atomic E-state index is 0.0145. The molecule has 1 aliphatic heterocycles. The highest BCUT2D eigenvalue weighted by Crippen LogP contribution is 2.29. The summed E-state index contributed by atoms with van der Waals surface area (Å²) in [6, 6.07) is 16.1. The van der Waals surface area contributed by atoms with Gasteiger partial charge < -0.3 is 5.32 Å². The summed E-state index contributed by atoms with van der Waals surface area (Å²) >= 11 is 2.91. The van der Waals surface area contributed by atoms with Crippen molar-refractivity contribution in [1.82, 2.24) is 9.55 Å². The number of hydrogen-bond acceptors (Lipinski definition) is 5. The first kappa shape index (κ1) is 21.7. The van der Waals surface area contributed by atoms with Crippen molar-refractivity contribution < 1.29 is 4.79 Å². The quantitative estimate of drug-likeness (QED) is 0.424. The Morgan fingerprint density at radius 1 is 1.16 bits per heavy atom. The number of nitrogens with one attached hydrogen (secondary N) is 1. The minimum Gasteiger partial charge on any atom is -0.325 e. The lowest BCUT2D eigenvalue weighted by Gasteiger charge is -2.14. The predicted octanol–water partition coefficient (Wildman–Crippen LogP) is 4.48. The number of benzene rings is 2. The van der Waals surface area contributed by atoms with E-state index in [1.165, 1.54) is 17.3 Å². The summed E-state index contributed by atoms with van der Waals surface area (Å²) in [5.74, 6) is 0.989. The highest BCUT2D eigenvalue weighted by molar-refractivity contribution is 8.00. The van der Waals surface area contributed by atoms with Gasteiger partial charge in [-0.1, -0.05) is 48.2 Å². The second-order valence-corrected chi connectivity index (χ2v) is 9.72. The van der Waals surface area contributed by atoms with Crippen molar-refractivity contribution in [3.63, 3.8) is 0 Å². The maximum atomic E-state index is 13.1. The van der Waals surface area contributed by atoms with E-state index in [-0.39, 0.29) is 17.2 Å². The monoisotopic (exact) mass is 451 g/mol. The fraction of sp³-hybridized carbons (Fsp3) is 0.292. The maximum Gasteiger partial charge on any atom is 0.268 e. The fourth-order valence-electron chi connectivity index (χ4n) is 3.69. The lowest BCUT2D eigenvalue weighted by molar-refractivity contribution is -0.113. The second-order valence-electron chi connectivity index (χ2n) is 7.67. The Balaban J connectivity index is 1.50. The van der Waals surface area contributed by atoms with E-state index in [9.17, 15) is 9.59 Å². The highest BCUT2D eigenvalue weighted by atomic mass is 32.2. The molecule has 31 heavy (non-hydrogen) atoms. The first-order valence-electron chi connectivity index (χ1n) is 10.3. The molecule has 1 amide bonds. The molecule has 3 aromatic rings. The number of rotatable bonds is 7. The van der Waals surface area contributed by atoms with Crippen LogP contribution in [0.2, 0.25) is 0 Å². The number of carbonyl (C=O) groups is 1. The molecular weight excluding hydrogens is 426 g/mol. The van der Waals surface area contributed by atoms with Crippen LogP contribution < -0.4 is 10.9 Å². The summed E-state index contributed by atoms with van der Waals surface area (Å²) in [6.45, 7) is 4.56. The van der Waals surface area contributed by atoms with Crippen molar-refractivity contribution in [2.24, 2.45) is 0 Å². The van der Waals surface area contributed by atoms with Gasteiger partial charge in [-0.25, -0.2) is 4.98 Å². The number of carbonyl (C=O) groups excluding carboxylic acids is 1. The predicted molar refractivity (Wildman–Crippen MR) is 128 cm³/mol. The molecule has 2 heterocycles. The summed E-state index contributed by atoms with van der Waals surface area (Å²) in [7, 11) is 0. The molecule has 0 fully saturated rings. The molecule has 0 spiro atoms. The van der Waals surface area contributed by atoms with Gasteiger partial charge in [0, 0.05) is 24.4 Å². The summed E-state index contributed by atoms with van der Waals surface area (Å²) in [4.78, 5) is 31.2. The molecule has 0 unspecified atom stereocenters. The van der Waals surface area contributed by atoms with Crippen molar-refractivity contribution in [2.75, 3.05) is 16.8 Å². The van der Waals surface area contributed by atoms with Gasteiger partial charge in [-0.05, 0) is 49.1 Å². The van der Waals surface area contributed by atoms with E-state index in [1.807, 2.05) is 44.2 Å². The lowest BCUT2D eigenvalue weighted by atomic mass is 10.1. The average Bonchev–Trinajstić information content (AvgIpc) is 3.20. The molecule has 0 saturated carbocycles. The number of thioether (sulfide) groups is 2. The number of nitrogens with zero attached hydrogens (tertiary/aromatic N) is 2. The standard InChI is InChI=1S/C24H25N3O2S2/c1-16-12-17(2)14-19(13-16)25-21(28)15-31-24-26-20-9-11-30-22(20)23(29)27(24)10-8-18-6-4-3-5-7-18/h3-7,12-14H,8-11,15H2,1-2H3,(H,25,28). The summed E-state index contributed by atoms with van der Waals surface area (Å²) in [6.07, 6.45) is 1.55. The topological polar surface area (TPSA) is 64.0 Å². The van der Waals surface area contributed by atoms with Crippen LogP contribution in [0, 0.1) is 13.8 Å². The van der Waals surface area contributed by atoms with Crippen molar-refractivity contribution in [3.8, 4) is 0 Å². The molecule has 5 nitrogen and oxygen atoms in total. The Morgan fingerprint density at radius 2 is 1.90 bits per heavy atom. The summed E-state index contributed by atoms with van der Waals surface area (Å²) < 4.78 is 1.74. The lowest BCUT2D eigenvalue weighted by Crippen LogP contribution is -2.27. The molecule has 0 saturated heterocycles. The van der Waals surface area contributed by atoms with E-state index in [4.69, 9.17) is 4.98 Å². The summed E-state index contributed by atoms with van der Waals surface area (Å²) in [5.41, 5.74) is 5.06. The van der Waals surface area contributed by atoms with Crippen LogP contribution >= 0.6 is 23.5 Å². The van der Waals surface area contributed by atoms with Crippen LogP contribution in [0.4, 0.5) is 5.69 Å². The van der Waals surface area contributed by atoms with Crippen LogP contribution in [0.5, 0.6) is 0 Å². The zero-order valence-corrected chi connectivity index (χ0v) is 19.3. The van der Waals surface area contributed by atoms with Gasteiger partial charge in [-0.3, -0.25) is 14.2 Å². The first-order chi connectivity index (χ1) is 15.0. The number of aromatic nitrogens is 2. The molecule has 0 aliphatic carbocycles. The zero-order chi connectivity index (χ0) is 21.8. The van der Waals surface area contributed by atoms with Crippen LogP contribution in [-0.4, -0.2) is 27.0 Å². The number of fused-ring (bicyclic) bond motifs is 1. The molecule has 0 bridgehead atoms. The Labute approximate surface area is 190 Å². The zero-order valence-electron chi connectivity index (χ0n) is 17.7. The molecule has 160 valence electrons. The average molecular weight is 452 g/mol. The maximum absolute atomic E-state index is 13.1. The van der Waals surface area contributed by atoms with Gasteiger partial charge in [0.25, 0.3) is 5.56 Å². The van der Waals surface area contributed by atoms with E-state index in [1.54, 1.807) is 16.3 Å². The van der Waals surface area contributed by atoms with E-state index in [0.717, 1.165) is 46.0 Å². The Morgan fingerprint density at radius 3 is 2.65 bits per heavy atom. The van der Waals surface area contributed by atoms with Gasteiger partial charge in [-0.15, -0.1) is 11.8 Å². The fourth-order valence-corrected chi connectivity index (χ4v) is 5.58. The third-order valence-electron chi connectivity index (χ3n) is 5.05. The Hall–Kier alpha value is -2.51. The van der Waals surface area contributed by atoms with Gasteiger partial charge in [-0.2, -0.15) is 0 Å². The normalized spacial score (nSPS) is 12.6. The third-order valence-corrected chi connectivity index (χ3v) is 7.14. The van der Waals surface area contributed by atoms with Gasteiger partial charge >= 0.3 is 0 Å². The van der Waals surface area contributed by atoms with Gasteiger partial charge in [0.2, 0.25) is 5.91 Å². The molecule has 0 radical (unpaired) electrons. The Bertz CT molecular complexity index is 1140. The van der Waals surface area contributed by atoms with Crippen LogP contribution in [0.15, 0.2) is 63.4 Å². The molecule has 4 rings (SSSR count). The van der Waals surface area contributed by atoms with Gasteiger partial charge in [0.05, 0.1) is 16.3 Å². The molecule has 1 aliphatic rings. The Kier molecular flexibility index (Phi) is 6.83. The molecule has 1 N–H and O–H groups in total. The molecular formula is C24H25N3O2S2. The van der Waals surface area contributed by atoms with Gasteiger partial charge in [0.15, 0.2) is 5.16 Å². The van der Waals surface area contributed by atoms with Crippen molar-refractivity contribution in [3.05, 3.63) is 81.3 Å².